The third kappa shape index (κ3) is 6.92. The minimum Gasteiger partial charge on any atom is -0.356 e. The summed E-state index contributed by atoms with van der Waals surface area (Å²) >= 11 is 5.23. The highest BCUT2D eigenvalue weighted by molar-refractivity contribution is 7.80. The summed E-state index contributed by atoms with van der Waals surface area (Å²) in [6, 6.07) is 24.3. The van der Waals surface area contributed by atoms with Crippen molar-refractivity contribution in [2.24, 2.45) is 5.92 Å². The van der Waals surface area contributed by atoms with Gasteiger partial charge in [-0.3, -0.25) is 9.59 Å². The van der Waals surface area contributed by atoms with Crippen LogP contribution in [-0.2, 0) is 4.79 Å². The minimum absolute atomic E-state index is 0.159. The molecule has 2 amide bonds. The van der Waals surface area contributed by atoms with Gasteiger partial charge < -0.3 is 21.3 Å². The lowest BCUT2D eigenvalue weighted by Crippen LogP contribution is -2.35. The van der Waals surface area contributed by atoms with E-state index in [9.17, 15) is 9.59 Å². The van der Waals surface area contributed by atoms with Crippen LogP contribution in [0.25, 0.3) is 0 Å². The molecule has 3 rings (SSSR count). The van der Waals surface area contributed by atoms with Crippen LogP contribution >= 0.6 is 12.2 Å². The molecule has 0 aliphatic carbocycles. The standard InChI is InChI=1S/C25H26N4O2S/c1-17(2)16-23(30)29-25(32)28-22-11-7-6-10-21(22)24(31)27-20-14-12-19(13-15-20)26-18-8-4-3-5-9-18/h3-15,17,26H,16H2,1-2H3,(H,27,31)(H2,28,29,30,32). The third-order valence-electron chi connectivity index (χ3n) is 4.47. The van der Waals surface area contributed by atoms with Crippen molar-refractivity contribution < 1.29 is 9.59 Å². The zero-order chi connectivity index (χ0) is 22.9. The summed E-state index contributed by atoms with van der Waals surface area (Å²) in [5, 5.41) is 11.9. The third-order valence-corrected chi connectivity index (χ3v) is 4.68. The Balaban J connectivity index is 1.63. The van der Waals surface area contributed by atoms with Crippen LogP contribution in [0.3, 0.4) is 0 Å². The van der Waals surface area contributed by atoms with Crippen LogP contribution in [0.1, 0.15) is 30.6 Å². The normalized spacial score (nSPS) is 10.3. The molecule has 3 aromatic rings. The van der Waals surface area contributed by atoms with Gasteiger partial charge in [-0.1, -0.05) is 44.2 Å². The number of benzene rings is 3. The number of hydrogen-bond acceptors (Lipinski definition) is 4. The Hall–Kier alpha value is -3.71. The first-order valence-corrected chi connectivity index (χ1v) is 10.7. The molecule has 4 N–H and O–H groups in total. The fourth-order valence-electron chi connectivity index (χ4n) is 3.02. The van der Waals surface area contributed by atoms with Gasteiger partial charge in [-0.15, -0.1) is 0 Å². The Bertz CT molecular complexity index is 1080. The van der Waals surface area contributed by atoms with Crippen molar-refractivity contribution in [3.05, 3.63) is 84.4 Å². The van der Waals surface area contributed by atoms with Gasteiger partial charge in [0.25, 0.3) is 5.91 Å². The first-order valence-electron chi connectivity index (χ1n) is 10.3. The second-order valence-electron chi connectivity index (χ2n) is 7.67. The zero-order valence-corrected chi connectivity index (χ0v) is 18.8. The average molecular weight is 447 g/mol. The van der Waals surface area contributed by atoms with Crippen molar-refractivity contribution >= 4 is 51.9 Å². The second-order valence-corrected chi connectivity index (χ2v) is 8.08. The predicted octanol–water partition coefficient (Wildman–Crippen LogP) is 5.54. The van der Waals surface area contributed by atoms with Crippen LogP contribution in [0.2, 0.25) is 0 Å². The lowest BCUT2D eigenvalue weighted by molar-refractivity contribution is -0.120. The van der Waals surface area contributed by atoms with E-state index in [-0.39, 0.29) is 22.8 Å². The molecule has 0 aromatic heterocycles. The Morgan fingerprint density at radius 1 is 0.781 bits per heavy atom. The average Bonchev–Trinajstić information content (AvgIpc) is 2.75. The highest BCUT2D eigenvalue weighted by Crippen LogP contribution is 2.21. The van der Waals surface area contributed by atoms with Crippen molar-refractivity contribution in [3.63, 3.8) is 0 Å². The highest BCUT2D eigenvalue weighted by atomic mass is 32.1. The fourth-order valence-corrected chi connectivity index (χ4v) is 3.24. The number of carbonyl (C=O) groups is 2. The van der Waals surface area contributed by atoms with Crippen LogP contribution in [0.5, 0.6) is 0 Å². The van der Waals surface area contributed by atoms with Crippen molar-refractivity contribution in [1.29, 1.82) is 0 Å². The maximum Gasteiger partial charge on any atom is 0.257 e. The van der Waals surface area contributed by atoms with E-state index >= 15 is 0 Å². The van der Waals surface area contributed by atoms with Crippen molar-refractivity contribution in [1.82, 2.24) is 5.32 Å². The minimum atomic E-state index is -0.284. The van der Waals surface area contributed by atoms with E-state index < -0.39 is 0 Å². The molecular formula is C25H26N4O2S. The lowest BCUT2D eigenvalue weighted by atomic mass is 10.1. The van der Waals surface area contributed by atoms with E-state index in [1.54, 1.807) is 24.3 Å². The number of nitrogens with one attached hydrogen (secondary N) is 4. The maximum absolute atomic E-state index is 12.9. The second kappa shape index (κ2) is 11.1. The van der Waals surface area contributed by atoms with E-state index in [0.717, 1.165) is 11.4 Å². The van der Waals surface area contributed by atoms with E-state index in [1.807, 2.05) is 68.4 Å². The molecule has 164 valence electrons. The van der Waals surface area contributed by atoms with Crippen molar-refractivity contribution in [2.75, 3.05) is 16.0 Å². The fraction of sp³-hybridized carbons (Fsp3) is 0.160. The molecule has 0 bridgehead atoms. The van der Waals surface area contributed by atoms with E-state index in [1.165, 1.54) is 0 Å². The van der Waals surface area contributed by atoms with Gasteiger partial charge in [0.15, 0.2) is 5.11 Å². The van der Waals surface area contributed by atoms with Gasteiger partial charge in [0, 0.05) is 23.5 Å². The molecule has 0 fully saturated rings. The van der Waals surface area contributed by atoms with Crippen LogP contribution in [0.4, 0.5) is 22.7 Å². The summed E-state index contributed by atoms with van der Waals surface area (Å²) < 4.78 is 0. The number of para-hydroxylation sites is 2. The summed E-state index contributed by atoms with van der Waals surface area (Å²) in [7, 11) is 0. The highest BCUT2D eigenvalue weighted by Gasteiger charge is 2.14. The van der Waals surface area contributed by atoms with Crippen molar-refractivity contribution in [3.8, 4) is 0 Å². The Kier molecular flexibility index (Phi) is 7.94. The number of anilines is 4. The van der Waals surface area contributed by atoms with Gasteiger partial charge in [-0.2, -0.15) is 0 Å². The van der Waals surface area contributed by atoms with Gasteiger partial charge in [0.2, 0.25) is 5.91 Å². The van der Waals surface area contributed by atoms with Crippen LogP contribution in [-0.4, -0.2) is 16.9 Å². The molecule has 0 saturated heterocycles. The summed E-state index contributed by atoms with van der Waals surface area (Å²) in [4.78, 5) is 24.8. The number of amides is 2. The summed E-state index contributed by atoms with van der Waals surface area (Å²) in [5.41, 5.74) is 3.50. The molecular weight excluding hydrogens is 420 g/mol. The van der Waals surface area contributed by atoms with Gasteiger partial charge in [-0.25, -0.2) is 0 Å². The molecule has 0 atom stereocenters. The zero-order valence-electron chi connectivity index (χ0n) is 18.0. The number of rotatable bonds is 7. The molecule has 0 aliphatic heterocycles. The summed E-state index contributed by atoms with van der Waals surface area (Å²) in [6.45, 7) is 3.92. The molecule has 0 spiro atoms. The van der Waals surface area contributed by atoms with E-state index in [4.69, 9.17) is 12.2 Å². The van der Waals surface area contributed by atoms with Crippen molar-refractivity contribution in [2.45, 2.75) is 20.3 Å². The summed E-state index contributed by atoms with van der Waals surface area (Å²) in [6.07, 6.45) is 0.374. The molecule has 0 aliphatic rings. The number of thiocarbonyl (C=S) groups is 1. The van der Waals surface area contributed by atoms with E-state index in [0.29, 0.717) is 23.4 Å². The summed E-state index contributed by atoms with van der Waals surface area (Å²) in [5.74, 6) is -0.220. The number of hydrogen-bond donors (Lipinski definition) is 4. The topological polar surface area (TPSA) is 82.3 Å². The molecule has 0 heterocycles. The SMILES string of the molecule is CC(C)CC(=O)NC(=S)Nc1ccccc1C(=O)Nc1ccc(Nc2ccccc2)cc1. The monoisotopic (exact) mass is 446 g/mol. The predicted molar refractivity (Wildman–Crippen MR) is 134 cm³/mol. The Morgan fingerprint density at radius 2 is 1.38 bits per heavy atom. The van der Waals surface area contributed by atoms with Gasteiger partial charge >= 0.3 is 0 Å². The molecule has 0 saturated carbocycles. The van der Waals surface area contributed by atoms with E-state index in [2.05, 4.69) is 21.3 Å². The first-order chi connectivity index (χ1) is 15.4. The van der Waals surface area contributed by atoms with Crippen LogP contribution in [0, 0.1) is 5.92 Å². The molecule has 32 heavy (non-hydrogen) atoms. The van der Waals surface area contributed by atoms with Crippen LogP contribution < -0.4 is 21.3 Å². The first kappa shape index (κ1) is 23.0. The maximum atomic E-state index is 12.9. The molecule has 7 heteroatoms. The van der Waals surface area contributed by atoms with Crippen LogP contribution in [0.15, 0.2) is 78.9 Å². The van der Waals surface area contributed by atoms with Gasteiger partial charge in [0.1, 0.15) is 0 Å². The molecule has 0 unspecified atom stereocenters. The lowest BCUT2D eigenvalue weighted by Gasteiger charge is -2.14. The number of carbonyl (C=O) groups excluding carboxylic acids is 2. The molecule has 0 radical (unpaired) electrons. The molecule has 3 aromatic carbocycles. The van der Waals surface area contributed by atoms with Gasteiger partial charge in [-0.05, 0) is 66.7 Å². The Labute approximate surface area is 193 Å². The molecule has 6 nitrogen and oxygen atoms in total. The smallest absolute Gasteiger partial charge is 0.257 e. The quantitative estimate of drug-likeness (QED) is 0.358. The largest absolute Gasteiger partial charge is 0.356 e. The Morgan fingerprint density at radius 3 is 2.06 bits per heavy atom. The van der Waals surface area contributed by atoms with Gasteiger partial charge in [0.05, 0.1) is 11.3 Å².